The molecule has 0 bridgehead atoms. The molecular formula is C10H16O6. The van der Waals surface area contributed by atoms with Gasteiger partial charge in [-0.3, -0.25) is 14.4 Å². The van der Waals surface area contributed by atoms with Crippen LogP contribution in [0, 0.1) is 11.8 Å². The summed E-state index contributed by atoms with van der Waals surface area (Å²) >= 11 is 0. The Morgan fingerprint density at radius 1 is 1.06 bits per heavy atom. The van der Waals surface area contributed by atoms with Gasteiger partial charge in [-0.2, -0.15) is 0 Å². The lowest BCUT2D eigenvalue weighted by molar-refractivity contribution is -0.173. The molecule has 2 N–H and O–H groups in total. The highest BCUT2D eigenvalue weighted by Crippen LogP contribution is 2.18. The highest BCUT2D eigenvalue weighted by atomic mass is 16.6. The fourth-order valence-electron chi connectivity index (χ4n) is 1.03. The second-order valence-electron chi connectivity index (χ2n) is 4.48. The highest BCUT2D eigenvalue weighted by molar-refractivity contribution is 5.98. The molecule has 0 aliphatic carbocycles. The molecule has 0 amide bonds. The molecule has 2 atom stereocenters. The van der Waals surface area contributed by atoms with Crippen LogP contribution < -0.4 is 0 Å². The van der Waals surface area contributed by atoms with E-state index < -0.39 is 35.3 Å². The number of hydrogen-bond donors (Lipinski definition) is 2. The Labute approximate surface area is 93.2 Å². The first-order chi connectivity index (χ1) is 7.06. The van der Waals surface area contributed by atoms with Crippen LogP contribution in [0.5, 0.6) is 0 Å². The molecule has 0 saturated heterocycles. The molecular weight excluding hydrogens is 216 g/mol. The van der Waals surface area contributed by atoms with Crippen LogP contribution in [0.25, 0.3) is 0 Å². The van der Waals surface area contributed by atoms with Crippen LogP contribution in [0.2, 0.25) is 0 Å². The van der Waals surface area contributed by atoms with Gasteiger partial charge < -0.3 is 14.9 Å². The van der Waals surface area contributed by atoms with Crippen molar-refractivity contribution in [3.63, 3.8) is 0 Å². The van der Waals surface area contributed by atoms with E-state index in [9.17, 15) is 14.4 Å². The van der Waals surface area contributed by atoms with Gasteiger partial charge in [0.2, 0.25) is 0 Å². The first-order valence-corrected chi connectivity index (χ1v) is 4.74. The van der Waals surface area contributed by atoms with Gasteiger partial charge in [0.05, 0.1) is 5.92 Å². The lowest BCUT2D eigenvalue weighted by Gasteiger charge is -2.23. The van der Waals surface area contributed by atoms with Crippen molar-refractivity contribution in [3.05, 3.63) is 0 Å². The number of hydrogen-bond acceptors (Lipinski definition) is 4. The van der Waals surface area contributed by atoms with Gasteiger partial charge in [-0.1, -0.05) is 6.92 Å². The largest absolute Gasteiger partial charge is 0.481 e. The third-order valence-electron chi connectivity index (χ3n) is 1.82. The molecule has 6 nitrogen and oxygen atoms in total. The monoisotopic (exact) mass is 232 g/mol. The van der Waals surface area contributed by atoms with E-state index >= 15 is 0 Å². The van der Waals surface area contributed by atoms with Crippen molar-refractivity contribution in [1.29, 1.82) is 0 Å². The molecule has 92 valence electrons. The number of aliphatic carboxylic acids is 2. The molecule has 0 aliphatic rings. The SMILES string of the molecule is C[C@H](C(=O)O)C(C(=O)O)C(=O)OC(C)(C)C. The molecule has 0 aromatic heterocycles. The zero-order valence-electron chi connectivity index (χ0n) is 9.68. The third kappa shape index (κ3) is 4.29. The minimum absolute atomic E-state index is 0.844. The summed E-state index contributed by atoms with van der Waals surface area (Å²) in [5.74, 6) is -6.89. The standard InChI is InChI=1S/C10H16O6/c1-5(7(11)12)6(8(13)14)9(15)16-10(2,3)4/h5-6H,1-4H3,(H,11,12)(H,13,14)/t5-,6?/m0/s1. The molecule has 0 fully saturated rings. The zero-order chi connectivity index (χ0) is 13.1. The average Bonchev–Trinajstić information content (AvgIpc) is 1.99. The molecule has 0 aromatic rings. The van der Waals surface area contributed by atoms with E-state index in [1.165, 1.54) is 0 Å². The fraction of sp³-hybridized carbons (Fsp3) is 0.700. The molecule has 0 aliphatic heterocycles. The molecule has 16 heavy (non-hydrogen) atoms. The molecule has 0 rings (SSSR count). The van der Waals surface area contributed by atoms with Gasteiger partial charge in [0.25, 0.3) is 0 Å². The predicted octanol–water partition coefficient (Wildman–Crippen LogP) is 0.750. The summed E-state index contributed by atoms with van der Waals surface area (Å²) in [6.45, 7) is 5.89. The molecule has 1 unspecified atom stereocenters. The highest BCUT2D eigenvalue weighted by Gasteiger charge is 2.39. The van der Waals surface area contributed by atoms with Crippen LogP contribution in [0.3, 0.4) is 0 Å². The van der Waals surface area contributed by atoms with Crippen molar-refractivity contribution in [3.8, 4) is 0 Å². The Kier molecular flexibility index (Phi) is 4.47. The minimum atomic E-state index is -1.68. The lowest BCUT2D eigenvalue weighted by Crippen LogP contribution is -2.38. The molecule has 0 radical (unpaired) electrons. The average molecular weight is 232 g/mol. The predicted molar refractivity (Wildman–Crippen MR) is 53.8 cm³/mol. The Morgan fingerprint density at radius 2 is 1.50 bits per heavy atom. The maximum Gasteiger partial charge on any atom is 0.321 e. The number of carboxylic acid groups (broad SMARTS) is 2. The van der Waals surface area contributed by atoms with E-state index in [0.29, 0.717) is 0 Å². The summed E-state index contributed by atoms with van der Waals surface area (Å²) in [6.07, 6.45) is 0. The number of carbonyl (C=O) groups is 3. The topological polar surface area (TPSA) is 101 Å². The van der Waals surface area contributed by atoms with Crippen molar-refractivity contribution in [2.45, 2.75) is 33.3 Å². The van der Waals surface area contributed by atoms with Crippen LogP contribution in [0.4, 0.5) is 0 Å². The van der Waals surface area contributed by atoms with Crippen LogP contribution >= 0.6 is 0 Å². The summed E-state index contributed by atoms with van der Waals surface area (Å²) in [5, 5.41) is 17.5. The van der Waals surface area contributed by atoms with Crippen molar-refractivity contribution >= 4 is 17.9 Å². The van der Waals surface area contributed by atoms with Gasteiger partial charge in [0.1, 0.15) is 5.60 Å². The molecule has 6 heteroatoms. The number of ether oxygens (including phenoxy) is 1. The van der Waals surface area contributed by atoms with Gasteiger partial charge in [-0.05, 0) is 20.8 Å². The number of esters is 1. The summed E-state index contributed by atoms with van der Waals surface area (Å²) in [6, 6.07) is 0. The van der Waals surface area contributed by atoms with Crippen LogP contribution in [-0.2, 0) is 19.1 Å². The smallest absolute Gasteiger partial charge is 0.321 e. The molecule has 0 heterocycles. The van der Waals surface area contributed by atoms with Gasteiger partial charge in [0.15, 0.2) is 5.92 Å². The first kappa shape index (κ1) is 14.4. The van der Waals surface area contributed by atoms with Gasteiger partial charge in [-0.25, -0.2) is 0 Å². The van der Waals surface area contributed by atoms with E-state index in [1.54, 1.807) is 20.8 Å². The maximum atomic E-state index is 11.5. The molecule has 0 spiro atoms. The van der Waals surface area contributed by atoms with Crippen LogP contribution in [0.15, 0.2) is 0 Å². The van der Waals surface area contributed by atoms with Crippen molar-refractivity contribution in [2.24, 2.45) is 11.8 Å². The van der Waals surface area contributed by atoms with Gasteiger partial charge in [-0.15, -0.1) is 0 Å². The Balaban J connectivity index is 4.88. The van der Waals surface area contributed by atoms with E-state index in [1.807, 2.05) is 0 Å². The first-order valence-electron chi connectivity index (χ1n) is 4.74. The van der Waals surface area contributed by atoms with Crippen molar-refractivity contribution in [2.75, 3.05) is 0 Å². The Hall–Kier alpha value is -1.59. The van der Waals surface area contributed by atoms with Gasteiger partial charge in [0, 0.05) is 0 Å². The summed E-state index contributed by atoms with van der Waals surface area (Å²) in [7, 11) is 0. The number of carboxylic acids is 2. The minimum Gasteiger partial charge on any atom is -0.481 e. The van der Waals surface area contributed by atoms with Crippen molar-refractivity contribution < 1.29 is 29.3 Å². The lowest BCUT2D eigenvalue weighted by atomic mass is 9.94. The summed E-state index contributed by atoms with van der Waals surface area (Å²) < 4.78 is 4.85. The number of carbonyl (C=O) groups excluding carboxylic acids is 1. The molecule has 0 saturated carbocycles. The zero-order valence-corrected chi connectivity index (χ0v) is 9.68. The van der Waals surface area contributed by atoms with E-state index in [4.69, 9.17) is 14.9 Å². The van der Waals surface area contributed by atoms with E-state index in [-0.39, 0.29) is 0 Å². The Morgan fingerprint density at radius 3 is 1.75 bits per heavy atom. The summed E-state index contributed by atoms with van der Waals surface area (Å²) in [4.78, 5) is 32.9. The summed E-state index contributed by atoms with van der Waals surface area (Å²) in [5.41, 5.74) is -0.844. The van der Waals surface area contributed by atoms with Crippen LogP contribution in [-0.4, -0.2) is 33.7 Å². The van der Waals surface area contributed by atoms with Crippen molar-refractivity contribution in [1.82, 2.24) is 0 Å². The third-order valence-corrected chi connectivity index (χ3v) is 1.82. The van der Waals surface area contributed by atoms with E-state index in [0.717, 1.165) is 6.92 Å². The van der Waals surface area contributed by atoms with Gasteiger partial charge >= 0.3 is 17.9 Å². The second kappa shape index (κ2) is 4.96. The number of rotatable bonds is 4. The normalized spacial score (nSPS) is 15.0. The second-order valence-corrected chi connectivity index (χ2v) is 4.48. The van der Waals surface area contributed by atoms with E-state index in [2.05, 4.69) is 0 Å². The fourth-order valence-corrected chi connectivity index (χ4v) is 1.03. The van der Waals surface area contributed by atoms with Crippen LogP contribution in [0.1, 0.15) is 27.7 Å². The quantitative estimate of drug-likeness (QED) is 0.548. The molecule has 0 aromatic carbocycles. The maximum absolute atomic E-state index is 11.5. The Bertz CT molecular complexity index is 301.